The zero-order chi connectivity index (χ0) is 27.8. The van der Waals surface area contributed by atoms with Gasteiger partial charge in [0.15, 0.2) is 0 Å². The van der Waals surface area contributed by atoms with Crippen molar-refractivity contribution in [3.8, 4) is 5.75 Å². The molecule has 1 amide bonds. The molecule has 9 nitrogen and oxygen atoms in total. The second kappa shape index (κ2) is 13.8. The lowest BCUT2D eigenvalue weighted by atomic mass is 9.79. The number of nitrogens with zero attached hydrogens (tertiary/aromatic N) is 3. The van der Waals surface area contributed by atoms with E-state index in [9.17, 15) is 19.0 Å². The first kappa shape index (κ1) is 28.9. The summed E-state index contributed by atoms with van der Waals surface area (Å²) < 4.78 is 26.2. The summed E-state index contributed by atoms with van der Waals surface area (Å²) in [6, 6.07) is 13.8. The van der Waals surface area contributed by atoms with E-state index in [0.717, 1.165) is 61.5 Å². The number of Topliss-reactive ketones (excluding diaryl/α,β-unsaturated/α-hetero) is 1. The van der Waals surface area contributed by atoms with E-state index in [1.54, 1.807) is 11.8 Å². The van der Waals surface area contributed by atoms with Crippen LogP contribution in [0.4, 0.5) is 20.6 Å². The number of carbonyl (C=O) groups is 2. The molecule has 0 spiro atoms. The third-order valence-electron chi connectivity index (χ3n) is 7.27. The predicted molar refractivity (Wildman–Crippen MR) is 149 cm³/mol. The largest absolute Gasteiger partial charge is 0.495 e. The van der Waals surface area contributed by atoms with Gasteiger partial charge in [-0.1, -0.05) is 12.1 Å². The van der Waals surface area contributed by atoms with Gasteiger partial charge in [-0.3, -0.25) is 14.2 Å². The van der Waals surface area contributed by atoms with Crippen LogP contribution in [0.25, 0.3) is 0 Å². The molecule has 1 unspecified atom stereocenters. The minimum Gasteiger partial charge on any atom is -0.494 e. The highest BCUT2D eigenvalue weighted by Crippen LogP contribution is 2.27. The number of fused-ring (bicyclic) bond motifs is 1. The molecule has 0 aromatic heterocycles. The molecule has 1 N–H and O–H groups in total. The fourth-order valence-electron chi connectivity index (χ4n) is 5.16. The Kier molecular flexibility index (Phi) is 10.2. The first-order chi connectivity index (χ1) is 19.0. The van der Waals surface area contributed by atoms with E-state index in [1.807, 2.05) is 30.3 Å². The molecule has 0 aliphatic carbocycles. The molecule has 3 aliphatic rings. The molecule has 39 heavy (non-hydrogen) atoms. The first-order valence-electron chi connectivity index (χ1n) is 13.4. The Morgan fingerprint density at radius 1 is 1.10 bits per heavy atom. The van der Waals surface area contributed by atoms with E-state index in [0.29, 0.717) is 45.5 Å². The summed E-state index contributed by atoms with van der Waals surface area (Å²) in [6.45, 7) is 7.85. The summed E-state index contributed by atoms with van der Waals surface area (Å²) in [7, 11) is -0.396. The average Bonchev–Trinajstić information content (AvgIpc) is 3.54. The highest BCUT2D eigenvalue weighted by Gasteiger charge is 2.33. The van der Waals surface area contributed by atoms with Gasteiger partial charge >= 0.3 is 13.2 Å². The summed E-state index contributed by atoms with van der Waals surface area (Å²) in [5, 5.41) is 10.0. The highest BCUT2D eigenvalue weighted by atomic mass is 19.1. The maximum Gasteiger partial charge on any atom is 0.495 e. The van der Waals surface area contributed by atoms with Crippen molar-refractivity contribution in [3.63, 3.8) is 0 Å². The Bertz CT molecular complexity index is 1110. The third-order valence-corrected chi connectivity index (χ3v) is 7.27. The van der Waals surface area contributed by atoms with Gasteiger partial charge in [0.1, 0.15) is 17.6 Å². The first-order valence-corrected chi connectivity index (χ1v) is 13.4. The molecule has 2 fully saturated rings. The second-order valence-electron chi connectivity index (χ2n) is 9.90. The van der Waals surface area contributed by atoms with Crippen molar-refractivity contribution in [2.24, 2.45) is 0 Å². The maximum absolute atomic E-state index is 12.3. The van der Waals surface area contributed by atoms with Crippen molar-refractivity contribution in [2.45, 2.75) is 38.9 Å². The summed E-state index contributed by atoms with van der Waals surface area (Å²) >= 11 is 0. The number of anilines is 2. The Morgan fingerprint density at radius 2 is 1.82 bits per heavy atom. The smallest absolute Gasteiger partial charge is 0.494 e. The van der Waals surface area contributed by atoms with Gasteiger partial charge in [0.2, 0.25) is 0 Å². The molecule has 5 rings (SSSR count). The van der Waals surface area contributed by atoms with E-state index < -0.39 is 7.12 Å². The van der Waals surface area contributed by atoms with Crippen molar-refractivity contribution in [1.29, 1.82) is 0 Å². The molecule has 210 valence electrons. The molecule has 0 bridgehead atoms. The second-order valence-corrected chi connectivity index (χ2v) is 9.90. The number of alkyl halides is 1. The number of ketones is 1. The van der Waals surface area contributed by atoms with Crippen LogP contribution in [0.3, 0.4) is 0 Å². The summed E-state index contributed by atoms with van der Waals surface area (Å²) in [6.07, 6.45) is 1.33. The Hall–Kier alpha value is -3.15. The number of hydrogen-bond donors (Lipinski definition) is 1. The van der Waals surface area contributed by atoms with Gasteiger partial charge in [0.05, 0.1) is 26.9 Å². The Morgan fingerprint density at radius 3 is 2.54 bits per heavy atom. The van der Waals surface area contributed by atoms with Crippen molar-refractivity contribution in [2.75, 3.05) is 62.9 Å². The van der Waals surface area contributed by atoms with Gasteiger partial charge in [-0.05, 0) is 55.7 Å². The van der Waals surface area contributed by atoms with Crippen LogP contribution in [-0.4, -0.2) is 88.1 Å². The molecule has 3 aliphatic heterocycles. The monoisotopic (exact) mass is 541 g/mol. The van der Waals surface area contributed by atoms with Crippen LogP contribution in [-0.2, 0) is 20.8 Å². The number of carbonyl (C=O) groups excluding carboxylic acids is 2. The summed E-state index contributed by atoms with van der Waals surface area (Å²) in [4.78, 5) is 30.0. The van der Waals surface area contributed by atoms with Gasteiger partial charge in [-0.25, -0.2) is 4.79 Å². The van der Waals surface area contributed by atoms with Crippen LogP contribution in [0.1, 0.15) is 31.7 Å². The fraction of sp³-hybridized carbons (Fsp3) is 0.500. The van der Waals surface area contributed by atoms with E-state index in [1.165, 1.54) is 0 Å². The van der Waals surface area contributed by atoms with Crippen LogP contribution in [0.2, 0.25) is 0 Å². The molecule has 0 radical (unpaired) electrons. The lowest BCUT2D eigenvalue weighted by Gasteiger charge is -2.36. The van der Waals surface area contributed by atoms with Crippen molar-refractivity contribution < 1.29 is 33.1 Å². The zero-order valence-electron chi connectivity index (χ0n) is 22.7. The van der Waals surface area contributed by atoms with Crippen LogP contribution in [0.15, 0.2) is 42.5 Å². The molecular weight excluding hydrogens is 504 g/mol. The maximum atomic E-state index is 12.3. The number of piperazine rings is 1. The zero-order valence-corrected chi connectivity index (χ0v) is 22.7. The topological polar surface area (TPSA) is 91.8 Å². The standard InChI is InChI=1S/C27H34BN3O6.CH3F/c1-20(32)6-11-24-18-31(27(33)37-24)23-9-7-22(8-10-23)30-15-13-29(14-16-30)12-3-17-35-25-5-2-4-21-19-36-28(34)26(21)25;1-2/h2,4-5,7-10,24,34H,3,6,11-19H2,1H3;1H3. The minimum atomic E-state index is -0.896. The van der Waals surface area contributed by atoms with Gasteiger partial charge in [-0.15, -0.1) is 0 Å². The van der Waals surface area contributed by atoms with Crippen LogP contribution >= 0.6 is 0 Å². The van der Waals surface area contributed by atoms with Gasteiger partial charge < -0.3 is 28.8 Å². The van der Waals surface area contributed by atoms with E-state index in [-0.39, 0.29) is 18.0 Å². The van der Waals surface area contributed by atoms with E-state index in [4.69, 9.17) is 14.1 Å². The third kappa shape index (κ3) is 7.29. The van der Waals surface area contributed by atoms with Gasteiger partial charge in [0, 0.05) is 56.0 Å². The molecule has 11 heteroatoms. The van der Waals surface area contributed by atoms with Crippen LogP contribution in [0, 0.1) is 0 Å². The molecular formula is C28H37BFN3O6. The van der Waals surface area contributed by atoms with Crippen LogP contribution in [0.5, 0.6) is 5.75 Å². The Labute approximate surface area is 229 Å². The number of cyclic esters (lactones) is 1. The van der Waals surface area contributed by atoms with Crippen molar-refractivity contribution in [1.82, 2.24) is 4.90 Å². The summed E-state index contributed by atoms with van der Waals surface area (Å²) in [5.41, 5.74) is 3.71. The Balaban J connectivity index is 0.00000172. The summed E-state index contributed by atoms with van der Waals surface area (Å²) in [5.74, 6) is 0.822. The molecule has 2 aromatic carbocycles. The number of ether oxygens (including phenoxy) is 2. The number of amides is 1. The van der Waals surface area contributed by atoms with Gasteiger partial charge in [0.25, 0.3) is 0 Å². The highest BCUT2D eigenvalue weighted by molar-refractivity contribution is 6.62. The molecule has 2 aromatic rings. The molecule has 3 heterocycles. The molecule has 0 saturated carbocycles. The minimum absolute atomic E-state index is 0.110. The lowest BCUT2D eigenvalue weighted by molar-refractivity contribution is -0.117. The van der Waals surface area contributed by atoms with E-state index >= 15 is 0 Å². The van der Waals surface area contributed by atoms with Gasteiger partial charge in [-0.2, -0.15) is 0 Å². The fourth-order valence-corrected chi connectivity index (χ4v) is 5.16. The number of benzene rings is 2. The van der Waals surface area contributed by atoms with Crippen LogP contribution < -0.4 is 20.0 Å². The molecule has 2 saturated heterocycles. The number of halogens is 1. The van der Waals surface area contributed by atoms with E-state index in [2.05, 4.69) is 21.9 Å². The normalized spacial score (nSPS) is 18.9. The number of rotatable bonds is 10. The van der Waals surface area contributed by atoms with Crippen molar-refractivity contribution >= 4 is 35.8 Å². The average molecular weight is 541 g/mol. The number of hydrogen-bond acceptors (Lipinski definition) is 8. The lowest BCUT2D eigenvalue weighted by Crippen LogP contribution is -2.46. The SMILES string of the molecule is CC(=O)CCC1CN(c2ccc(N3CCN(CCCOc4cccc5c4B(O)OC5)CC3)cc2)C(=O)O1.CF. The molecule has 1 atom stereocenters. The predicted octanol–water partition coefficient (Wildman–Crippen LogP) is 2.78. The quantitative estimate of drug-likeness (QED) is 0.363. The van der Waals surface area contributed by atoms with Crippen molar-refractivity contribution in [3.05, 3.63) is 48.0 Å².